The lowest BCUT2D eigenvalue weighted by atomic mass is 10.1. The van der Waals surface area contributed by atoms with Gasteiger partial charge >= 0.3 is 6.03 Å². The van der Waals surface area contributed by atoms with Crippen LogP contribution in [0.4, 0.5) is 4.79 Å². The molecule has 1 saturated heterocycles. The zero-order valence-electron chi connectivity index (χ0n) is 9.90. The van der Waals surface area contributed by atoms with Crippen molar-refractivity contribution in [3.63, 3.8) is 0 Å². The number of aromatic nitrogens is 2. The lowest BCUT2D eigenvalue weighted by Crippen LogP contribution is -2.45. The van der Waals surface area contributed by atoms with E-state index in [1.807, 2.05) is 13.0 Å². The number of hydrogen-bond acceptors (Lipinski definition) is 3. The van der Waals surface area contributed by atoms with Crippen LogP contribution < -0.4 is 10.6 Å². The van der Waals surface area contributed by atoms with Crippen molar-refractivity contribution in [2.45, 2.75) is 38.5 Å². The van der Waals surface area contributed by atoms with Crippen molar-refractivity contribution in [2.75, 3.05) is 6.61 Å². The Morgan fingerprint density at radius 3 is 3.29 bits per heavy atom. The van der Waals surface area contributed by atoms with E-state index in [1.54, 1.807) is 6.20 Å². The predicted molar refractivity (Wildman–Crippen MR) is 62.4 cm³/mol. The number of ether oxygens (including phenoxy) is 1. The van der Waals surface area contributed by atoms with E-state index in [0.717, 1.165) is 25.1 Å². The molecule has 2 amide bonds. The molecule has 0 aliphatic carbocycles. The number of H-pyrrole nitrogens is 1. The van der Waals surface area contributed by atoms with Crippen LogP contribution in [0.5, 0.6) is 0 Å². The Hall–Kier alpha value is -1.56. The highest BCUT2D eigenvalue weighted by Crippen LogP contribution is 2.15. The van der Waals surface area contributed by atoms with E-state index < -0.39 is 0 Å². The molecule has 0 saturated carbocycles. The second-order valence-electron chi connectivity index (χ2n) is 4.25. The first-order valence-corrected chi connectivity index (χ1v) is 5.90. The highest BCUT2D eigenvalue weighted by Gasteiger charge is 2.23. The molecule has 1 aliphatic rings. The molecule has 0 bridgehead atoms. The van der Waals surface area contributed by atoms with Gasteiger partial charge in [-0.3, -0.25) is 5.10 Å². The minimum absolute atomic E-state index is 0.0410. The fourth-order valence-corrected chi connectivity index (χ4v) is 1.91. The van der Waals surface area contributed by atoms with Gasteiger partial charge < -0.3 is 15.4 Å². The molecule has 2 rings (SSSR count). The Morgan fingerprint density at radius 1 is 1.76 bits per heavy atom. The molecule has 6 heteroatoms. The number of rotatable bonds is 4. The fraction of sp³-hybridized carbons (Fsp3) is 0.636. The number of aromatic amines is 1. The summed E-state index contributed by atoms with van der Waals surface area (Å²) in [5.74, 6) is 0. The van der Waals surface area contributed by atoms with Crippen LogP contribution in [0.3, 0.4) is 0 Å². The third kappa shape index (κ3) is 3.45. The van der Waals surface area contributed by atoms with E-state index in [0.29, 0.717) is 6.54 Å². The van der Waals surface area contributed by atoms with Gasteiger partial charge in [0.1, 0.15) is 0 Å². The largest absolute Gasteiger partial charge is 0.376 e. The van der Waals surface area contributed by atoms with Crippen molar-refractivity contribution in [3.05, 3.63) is 18.0 Å². The Labute approximate surface area is 100 Å². The number of carbonyl (C=O) groups excluding carboxylic acids is 1. The minimum Gasteiger partial charge on any atom is -0.376 e. The molecule has 0 radical (unpaired) electrons. The molecular weight excluding hydrogens is 220 g/mol. The first kappa shape index (κ1) is 11.9. The Morgan fingerprint density at radius 2 is 2.65 bits per heavy atom. The summed E-state index contributed by atoms with van der Waals surface area (Å²) in [7, 11) is 0. The molecule has 94 valence electrons. The smallest absolute Gasteiger partial charge is 0.315 e. The van der Waals surface area contributed by atoms with Gasteiger partial charge in [-0.2, -0.15) is 5.10 Å². The SMILES string of the molecule is C[C@@H](NC(=O)NCc1ccn[nH]1)[C@@H]1CCCO1. The second kappa shape index (κ2) is 5.67. The first-order valence-electron chi connectivity index (χ1n) is 5.90. The molecule has 0 aromatic carbocycles. The van der Waals surface area contributed by atoms with Gasteiger partial charge in [0.05, 0.1) is 24.4 Å². The van der Waals surface area contributed by atoms with Crippen LogP contribution in [-0.2, 0) is 11.3 Å². The zero-order chi connectivity index (χ0) is 12.1. The van der Waals surface area contributed by atoms with Gasteiger partial charge in [-0.1, -0.05) is 0 Å². The maximum atomic E-state index is 11.6. The second-order valence-corrected chi connectivity index (χ2v) is 4.25. The van der Waals surface area contributed by atoms with Gasteiger partial charge in [-0.25, -0.2) is 4.79 Å². The molecule has 0 spiro atoms. The maximum absolute atomic E-state index is 11.6. The normalized spacial score (nSPS) is 21.1. The molecule has 0 unspecified atom stereocenters. The van der Waals surface area contributed by atoms with E-state index in [1.165, 1.54) is 0 Å². The lowest BCUT2D eigenvalue weighted by Gasteiger charge is -2.20. The monoisotopic (exact) mass is 238 g/mol. The highest BCUT2D eigenvalue weighted by atomic mass is 16.5. The maximum Gasteiger partial charge on any atom is 0.315 e. The van der Waals surface area contributed by atoms with E-state index in [9.17, 15) is 4.79 Å². The molecule has 1 aromatic rings. The molecule has 2 heterocycles. The van der Waals surface area contributed by atoms with Crippen molar-refractivity contribution in [2.24, 2.45) is 0 Å². The highest BCUT2D eigenvalue weighted by molar-refractivity contribution is 5.74. The average molecular weight is 238 g/mol. The summed E-state index contributed by atoms with van der Waals surface area (Å²) in [5.41, 5.74) is 0.880. The van der Waals surface area contributed by atoms with Crippen LogP contribution in [0.2, 0.25) is 0 Å². The van der Waals surface area contributed by atoms with E-state index in [2.05, 4.69) is 20.8 Å². The van der Waals surface area contributed by atoms with Crippen LogP contribution in [0, 0.1) is 0 Å². The van der Waals surface area contributed by atoms with Gasteiger partial charge in [-0.05, 0) is 25.8 Å². The Bertz CT molecular complexity index is 346. The molecular formula is C11H18N4O2. The number of nitrogens with one attached hydrogen (secondary N) is 3. The quantitative estimate of drug-likeness (QED) is 0.725. The summed E-state index contributed by atoms with van der Waals surface area (Å²) in [5, 5.41) is 12.2. The van der Waals surface area contributed by atoms with Gasteiger partial charge in [-0.15, -0.1) is 0 Å². The predicted octanol–water partition coefficient (Wildman–Crippen LogP) is 0.776. The van der Waals surface area contributed by atoms with Crippen LogP contribution >= 0.6 is 0 Å². The molecule has 1 fully saturated rings. The summed E-state index contributed by atoms with van der Waals surface area (Å²) in [6.07, 6.45) is 3.89. The van der Waals surface area contributed by atoms with Gasteiger partial charge in [0.2, 0.25) is 0 Å². The van der Waals surface area contributed by atoms with E-state index in [-0.39, 0.29) is 18.2 Å². The van der Waals surface area contributed by atoms with Crippen LogP contribution in [0.15, 0.2) is 12.3 Å². The van der Waals surface area contributed by atoms with Gasteiger partial charge in [0, 0.05) is 12.8 Å². The van der Waals surface area contributed by atoms with Crippen molar-refractivity contribution in [1.82, 2.24) is 20.8 Å². The third-order valence-electron chi connectivity index (χ3n) is 2.88. The molecule has 1 aromatic heterocycles. The number of carbonyl (C=O) groups is 1. The lowest BCUT2D eigenvalue weighted by molar-refractivity contribution is 0.0860. The summed E-state index contributed by atoms with van der Waals surface area (Å²) in [6, 6.07) is 1.69. The molecule has 2 atom stereocenters. The van der Waals surface area contributed by atoms with Crippen molar-refractivity contribution in [3.8, 4) is 0 Å². The summed E-state index contributed by atoms with van der Waals surface area (Å²) >= 11 is 0. The van der Waals surface area contributed by atoms with Crippen LogP contribution in [-0.4, -0.2) is 35.0 Å². The molecule has 1 aliphatic heterocycles. The topological polar surface area (TPSA) is 79.0 Å². The van der Waals surface area contributed by atoms with Gasteiger partial charge in [0.25, 0.3) is 0 Å². The van der Waals surface area contributed by atoms with E-state index >= 15 is 0 Å². The number of amides is 2. The summed E-state index contributed by atoms with van der Waals surface area (Å²) in [4.78, 5) is 11.6. The van der Waals surface area contributed by atoms with Crippen molar-refractivity contribution >= 4 is 6.03 Å². The van der Waals surface area contributed by atoms with Crippen LogP contribution in [0.1, 0.15) is 25.5 Å². The minimum atomic E-state index is -0.178. The Balaban J connectivity index is 1.69. The third-order valence-corrected chi connectivity index (χ3v) is 2.88. The standard InChI is InChI=1S/C11H18N4O2/c1-8(10-3-2-6-17-10)14-11(16)12-7-9-4-5-13-15-9/h4-5,8,10H,2-3,6-7H2,1H3,(H,13,15)(H2,12,14,16)/t8-,10+/m1/s1. The number of hydrogen-bond donors (Lipinski definition) is 3. The Kier molecular flexibility index (Phi) is 3.98. The van der Waals surface area contributed by atoms with Crippen molar-refractivity contribution in [1.29, 1.82) is 0 Å². The van der Waals surface area contributed by atoms with Crippen molar-refractivity contribution < 1.29 is 9.53 Å². The zero-order valence-corrected chi connectivity index (χ0v) is 9.90. The van der Waals surface area contributed by atoms with Gasteiger partial charge in [0.15, 0.2) is 0 Å². The first-order chi connectivity index (χ1) is 8.25. The van der Waals surface area contributed by atoms with Crippen LogP contribution in [0.25, 0.3) is 0 Å². The molecule has 6 nitrogen and oxygen atoms in total. The summed E-state index contributed by atoms with van der Waals surface area (Å²) in [6.45, 7) is 3.21. The molecule has 3 N–H and O–H groups in total. The molecule has 17 heavy (non-hydrogen) atoms. The fourth-order valence-electron chi connectivity index (χ4n) is 1.91. The number of urea groups is 1. The summed E-state index contributed by atoms with van der Waals surface area (Å²) < 4.78 is 5.51. The van der Waals surface area contributed by atoms with E-state index in [4.69, 9.17) is 4.74 Å². The number of nitrogens with zero attached hydrogens (tertiary/aromatic N) is 1. The average Bonchev–Trinajstić information content (AvgIpc) is 2.99.